The number of benzene rings is 1. The van der Waals surface area contributed by atoms with Crippen molar-refractivity contribution in [3.63, 3.8) is 0 Å². The van der Waals surface area contributed by atoms with Crippen molar-refractivity contribution in [2.45, 2.75) is 24.8 Å². The molecular formula is C13H16ClNO6S. The molecule has 1 aromatic carbocycles. The van der Waals surface area contributed by atoms with Crippen molar-refractivity contribution in [2.75, 3.05) is 13.2 Å². The van der Waals surface area contributed by atoms with Crippen LogP contribution in [0, 0.1) is 5.92 Å². The zero-order valence-corrected chi connectivity index (χ0v) is 13.6. The largest absolute Gasteiger partial charge is 0.486 e. The van der Waals surface area contributed by atoms with E-state index in [-0.39, 0.29) is 15.7 Å². The molecule has 0 saturated carbocycles. The van der Waals surface area contributed by atoms with Gasteiger partial charge in [-0.25, -0.2) is 8.42 Å². The highest BCUT2D eigenvalue weighted by molar-refractivity contribution is 7.89. The predicted molar refractivity (Wildman–Crippen MR) is 79.0 cm³/mol. The summed E-state index contributed by atoms with van der Waals surface area (Å²) in [4.78, 5) is 10.9. The molecule has 22 heavy (non-hydrogen) atoms. The Bertz CT molecular complexity index is 688. The number of hydrogen-bond acceptors (Lipinski definition) is 5. The molecule has 0 fully saturated rings. The van der Waals surface area contributed by atoms with Crippen LogP contribution in [0.2, 0.25) is 5.02 Å². The van der Waals surface area contributed by atoms with Crippen molar-refractivity contribution in [2.24, 2.45) is 5.92 Å². The van der Waals surface area contributed by atoms with Crippen LogP contribution >= 0.6 is 11.6 Å². The summed E-state index contributed by atoms with van der Waals surface area (Å²) in [6, 6.07) is 1.32. The minimum Gasteiger partial charge on any atom is -0.486 e. The zero-order chi connectivity index (χ0) is 16.5. The molecule has 0 spiro atoms. The fraction of sp³-hybridized carbons (Fsp3) is 0.462. The lowest BCUT2D eigenvalue weighted by Crippen LogP contribution is -2.44. The highest BCUT2D eigenvalue weighted by atomic mass is 35.5. The molecule has 122 valence electrons. The molecule has 0 saturated heterocycles. The minimum absolute atomic E-state index is 0.0651. The Balaban J connectivity index is 2.39. The van der Waals surface area contributed by atoms with Gasteiger partial charge in [-0.2, -0.15) is 4.72 Å². The highest BCUT2D eigenvalue weighted by Crippen LogP contribution is 2.37. The van der Waals surface area contributed by atoms with Gasteiger partial charge in [0.2, 0.25) is 10.0 Å². The molecule has 0 bridgehead atoms. The first-order valence-corrected chi connectivity index (χ1v) is 8.43. The molecule has 7 nitrogen and oxygen atoms in total. The third-order valence-electron chi connectivity index (χ3n) is 3.10. The Morgan fingerprint density at radius 1 is 1.27 bits per heavy atom. The molecule has 0 radical (unpaired) electrons. The molecule has 1 aromatic rings. The van der Waals surface area contributed by atoms with Crippen LogP contribution in [0.1, 0.15) is 13.8 Å². The highest BCUT2D eigenvalue weighted by Gasteiger charge is 2.30. The molecule has 1 aliphatic rings. The smallest absolute Gasteiger partial charge is 0.322 e. The zero-order valence-electron chi connectivity index (χ0n) is 12.0. The maximum atomic E-state index is 12.4. The maximum absolute atomic E-state index is 12.4. The number of fused-ring (bicyclic) bond motifs is 1. The summed E-state index contributed by atoms with van der Waals surface area (Å²) in [5.41, 5.74) is 0. The Hall–Kier alpha value is -1.51. The number of halogens is 1. The van der Waals surface area contributed by atoms with Crippen LogP contribution in [0.3, 0.4) is 0 Å². The summed E-state index contributed by atoms with van der Waals surface area (Å²) in [5.74, 6) is -1.07. The SMILES string of the molecule is CC(C)[C@H](NS(=O)(=O)c1cc2c(cc1Cl)OCCO2)C(=O)O. The van der Waals surface area contributed by atoms with Gasteiger partial charge in [-0.15, -0.1) is 0 Å². The number of aliphatic carboxylic acids is 1. The average Bonchev–Trinajstić information content (AvgIpc) is 2.43. The van der Waals surface area contributed by atoms with Crippen molar-refractivity contribution in [3.05, 3.63) is 17.2 Å². The summed E-state index contributed by atoms with van der Waals surface area (Å²) < 4.78 is 37.6. The monoisotopic (exact) mass is 349 g/mol. The van der Waals surface area contributed by atoms with Gasteiger partial charge >= 0.3 is 5.97 Å². The van der Waals surface area contributed by atoms with Crippen molar-refractivity contribution >= 4 is 27.6 Å². The second kappa shape index (κ2) is 6.31. The molecule has 0 unspecified atom stereocenters. The van der Waals surface area contributed by atoms with Gasteiger partial charge in [0.25, 0.3) is 0 Å². The Kier molecular flexibility index (Phi) is 4.84. The van der Waals surface area contributed by atoms with E-state index in [0.29, 0.717) is 19.0 Å². The van der Waals surface area contributed by atoms with Crippen LogP contribution in [0.25, 0.3) is 0 Å². The van der Waals surface area contributed by atoms with Crippen LogP contribution in [0.5, 0.6) is 11.5 Å². The average molecular weight is 350 g/mol. The molecule has 1 atom stereocenters. The standard InChI is InChI=1S/C13H16ClNO6S/c1-7(2)12(13(16)17)15-22(18,19)11-6-10-9(5-8(11)14)20-3-4-21-10/h5-7,12,15H,3-4H2,1-2H3,(H,16,17)/t12-/m0/s1. The number of carbonyl (C=O) groups is 1. The molecule has 2 rings (SSSR count). The first kappa shape index (κ1) is 16.9. The number of hydrogen-bond donors (Lipinski definition) is 2. The first-order chi connectivity index (χ1) is 10.2. The van der Waals surface area contributed by atoms with Crippen LogP contribution in [-0.2, 0) is 14.8 Å². The van der Waals surface area contributed by atoms with Crippen molar-refractivity contribution in [1.29, 1.82) is 0 Å². The van der Waals surface area contributed by atoms with E-state index < -0.39 is 28.0 Å². The number of carboxylic acid groups (broad SMARTS) is 1. The summed E-state index contributed by atoms with van der Waals surface area (Å²) in [7, 11) is -4.11. The molecule has 9 heteroatoms. The van der Waals surface area contributed by atoms with E-state index in [1.54, 1.807) is 13.8 Å². The van der Waals surface area contributed by atoms with E-state index >= 15 is 0 Å². The van der Waals surface area contributed by atoms with Crippen molar-refractivity contribution in [3.8, 4) is 11.5 Å². The Labute approximate surface area is 133 Å². The molecular weight excluding hydrogens is 334 g/mol. The first-order valence-electron chi connectivity index (χ1n) is 6.56. The number of carboxylic acids is 1. The second-order valence-electron chi connectivity index (χ2n) is 5.11. The van der Waals surface area contributed by atoms with Crippen molar-refractivity contribution in [1.82, 2.24) is 4.72 Å². The third-order valence-corrected chi connectivity index (χ3v) is 5.01. The van der Waals surface area contributed by atoms with E-state index in [1.807, 2.05) is 0 Å². The van der Waals surface area contributed by atoms with Crippen LogP contribution in [0.4, 0.5) is 0 Å². The minimum atomic E-state index is -4.11. The number of nitrogens with one attached hydrogen (secondary N) is 1. The van der Waals surface area contributed by atoms with Gasteiger partial charge in [0.05, 0.1) is 5.02 Å². The molecule has 2 N–H and O–H groups in total. The van der Waals surface area contributed by atoms with Gasteiger partial charge in [-0.05, 0) is 5.92 Å². The second-order valence-corrected chi connectivity index (χ2v) is 7.20. The summed E-state index contributed by atoms with van der Waals surface area (Å²) in [5, 5.41) is 9.05. The summed E-state index contributed by atoms with van der Waals surface area (Å²) >= 11 is 5.99. The van der Waals surface area contributed by atoms with E-state index in [2.05, 4.69) is 4.72 Å². The van der Waals surface area contributed by atoms with Crippen LogP contribution < -0.4 is 14.2 Å². The lowest BCUT2D eigenvalue weighted by Gasteiger charge is -2.21. The topological polar surface area (TPSA) is 102 Å². The molecule has 1 aliphatic heterocycles. The Morgan fingerprint density at radius 2 is 1.82 bits per heavy atom. The van der Waals surface area contributed by atoms with E-state index in [4.69, 9.17) is 26.2 Å². The Morgan fingerprint density at radius 3 is 2.32 bits per heavy atom. The van der Waals surface area contributed by atoms with E-state index in [1.165, 1.54) is 12.1 Å². The normalized spacial score (nSPS) is 15.6. The quantitative estimate of drug-likeness (QED) is 0.835. The molecule has 0 aromatic heterocycles. The van der Waals surface area contributed by atoms with Crippen LogP contribution in [-0.4, -0.2) is 38.7 Å². The summed E-state index contributed by atoms with van der Waals surface area (Å²) in [6.45, 7) is 3.85. The van der Waals surface area contributed by atoms with Gasteiger partial charge in [-0.3, -0.25) is 4.79 Å². The van der Waals surface area contributed by atoms with E-state index in [9.17, 15) is 13.2 Å². The fourth-order valence-electron chi connectivity index (χ4n) is 1.95. The van der Waals surface area contributed by atoms with Gasteiger partial charge in [0.15, 0.2) is 11.5 Å². The molecule has 1 heterocycles. The lowest BCUT2D eigenvalue weighted by molar-refractivity contribution is -0.140. The predicted octanol–water partition coefficient (Wildman–Crippen LogP) is 1.50. The number of sulfonamides is 1. The van der Waals surface area contributed by atoms with Crippen LogP contribution in [0.15, 0.2) is 17.0 Å². The third kappa shape index (κ3) is 3.45. The van der Waals surface area contributed by atoms with E-state index in [0.717, 1.165) is 0 Å². The number of ether oxygens (including phenoxy) is 2. The summed E-state index contributed by atoms with van der Waals surface area (Å²) in [6.07, 6.45) is 0. The lowest BCUT2D eigenvalue weighted by atomic mass is 10.1. The molecule has 0 amide bonds. The van der Waals surface area contributed by atoms with Gasteiger partial charge < -0.3 is 14.6 Å². The fourth-order valence-corrected chi connectivity index (χ4v) is 3.82. The van der Waals surface area contributed by atoms with Crippen molar-refractivity contribution < 1.29 is 27.8 Å². The maximum Gasteiger partial charge on any atom is 0.322 e. The van der Waals surface area contributed by atoms with Gasteiger partial charge in [-0.1, -0.05) is 25.4 Å². The van der Waals surface area contributed by atoms with Gasteiger partial charge in [0, 0.05) is 12.1 Å². The number of rotatable bonds is 5. The van der Waals surface area contributed by atoms with Gasteiger partial charge in [0.1, 0.15) is 24.2 Å². The molecule has 0 aliphatic carbocycles.